The number of carboxylic acid groups (broad SMARTS) is 1. The highest BCUT2D eigenvalue weighted by molar-refractivity contribution is 6.31. The third kappa shape index (κ3) is 2.29. The minimum absolute atomic E-state index is 0.136. The second-order valence-corrected chi connectivity index (χ2v) is 5.90. The summed E-state index contributed by atoms with van der Waals surface area (Å²) >= 11 is 5.94. The molecular weight excluding hydrogens is 278 g/mol. The average molecular weight is 294 g/mol. The molecule has 0 spiro atoms. The number of carboxylic acids is 1. The van der Waals surface area contributed by atoms with Crippen LogP contribution < -0.4 is 0 Å². The van der Waals surface area contributed by atoms with Gasteiger partial charge < -0.3 is 9.52 Å². The van der Waals surface area contributed by atoms with Crippen molar-refractivity contribution in [1.29, 1.82) is 0 Å². The first kappa shape index (κ1) is 13.4. The molecule has 1 fully saturated rings. The van der Waals surface area contributed by atoms with Crippen LogP contribution in [0.25, 0.3) is 11.1 Å². The maximum absolute atomic E-state index is 11.4. The Labute approximate surface area is 121 Å². The van der Waals surface area contributed by atoms with Gasteiger partial charge in [-0.25, -0.2) is 4.98 Å². The lowest BCUT2D eigenvalue weighted by Gasteiger charge is -2.10. The maximum atomic E-state index is 11.4. The van der Waals surface area contributed by atoms with Gasteiger partial charge in [-0.15, -0.1) is 0 Å². The van der Waals surface area contributed by atoms with Crippen LogP contribution in [0.2, 0.25) is 5.02 Å². The van der Waals surface area contributed by atoms with E-state index in [1.54, 1.807) is 18.2 Å². The normalized spacial score (nSPS) is 26.2. The van der Waals surface area contributed by atoms with Crippen molar-refractivity contribution in [3.05, 3.63) is 29.1 Å². The van der Waals surface area contributed by atoms with Crippen LogP contribution in [-0.2, 0) is 4.79 Å². The number of halogens is 1. The second-order valence-electron chi connectivity index (χ2n) is 5.46. The molecule has 0 bridgehead atoms. The fraction of sp³-hybridized carbons (Fsp3) is 0.467. The summed E-state index contributed by atoms with van der Waals surface area (Å²) in [6.07, 6.45) is 2.52. The zero-order valence-corrected chi connectivity index (χ0v) is 11.9. The fourth-order valence-corrected chi connectivity index (χ4v) is 3.27. The first-order valence-corrected chi connectivity index (χ1v) is 7.25. The van der Waals surface area contributed by atoms with E-state index in [1.807, 2.05) is 0 Å². The van der Waals surface area contributed by atoms with E-state index in [2.05, 4.69) is 11.9 Å². The van der Waals surface area contributed by atoms with Gasteiger partial charge in [0.15, 0.2) is 11.5 Å². The van der Waals surface area contributed by atoms with Gasteiger partial charge in [-0.1, -0.05) is 24.9 Å². The van der Waals surface area contributed by atoms with Crippen molar-refractivity contribution >= 4 is 28.7 Å². The number of hydrogen-bond donors (Lipinski definition) is 1. The highest BCUT2D eigenvalue weighted by Crippen LogP contribution is 2.44. The first-order chi connectivity index (χ1) is 9.58. The molecule has 3 rings (SSSR count). The van der Waals surface area contributed by atoms with Gasteiger partial charge >= 0.3 is 5.97 Å². The molecule has 4 nitrogen and oxygen atoms in total. The lowest BCUT2D eigenvalue weighted by atomic mass is 9.96. The summed E-state index contributed by atoms with van der Waals surface area (Å²) in [6, 6.07) is 5.26. The van der Waals surface area contributed by atoms with Crippen LogP contribution in [0.5, 0.6) is 0 Å². The zero-order valence-electron chi connectivity index (χ0n) is 11.2. The number of rotatable bonds is 3. The van der Waals surface area contributed by atoms with Gasteiger partial charge in [-0.2, -0.15) is 0 Å². The van der Waals surface area contributed by atoms with Crippen LogP contribution >= 0.6 is 11.6 Å². The molecule has 0 amide bonds. The summed E-state index contributed by atoms with van der Waals surface area (Å²) in [4.78, 5) is 15.9. The third-order valence-corrected chi connectivity index (χ3v) is 4.47. The number of oxazole rings is 1. The minimum Gasteiger partial charge on any atom is -0.481 e. The summed E-state index contributed by atoms with van der Waals surface area (Å²) in [6.45, 7) is 2.10. The Morgan fingerprint density at radius 1 is 1.50 bits per heavy atom. The van der Waals surface area contributed by atoms with Gasteiger partial charge in [-0.3, -0.25) is 4.79 Å². The van der Waals surface area contributed by atoms with Crippen molar-refractivity contribution in [3.8, 4) is 0 Å². The standard InChI is InChI=1S/C15H16ClNO3/c1-2-8-5-10(11(6-8)15(18)19)14-17-12-7-9(16)3-4-13(12)20-14/h3-4,7-8,10-11H,2,5-6H2,1H3,(H,18,19). The average Bonchev–Trinajstić information content (AvgIpc) is 3.00. The molecule has 106 valence electrons. The molecule has 3 unspecified atom stereocenters. The molecule has 1 aromatic carbocycles. The van der Waals surface area contributed by atoms with Crippen molar-refractivity contribution in [3.63, 3.8) is 0 Å². The second kappa shape index (κ2) is 5.09. The summed E-state index contributed by atoms with van der Waals surface area (Å²) in [5.41, 5.74) is 1.35. The van der Waals surface area contributed by atoms with Crippen molar-refractivity contribution in [2.75, 3.05) is 0 Å². The van der Waals surface area contributed by atoms with Crippen molar-refractivity contribution in [2.45, 2.75) is 32.1 Å². The Kier molecular flexibility index (Phi) is 3.42. The predicted molar refractivity (Wildman–Crippen MR) is 75.9 cm³/mol. The molecule has 1 aliphatic rings. The van der Waals surface area contributed by atoms with Crippen LogP contribution in [0.15, 0.2) is 22.6 Å². The summed E-state index contributed by atoms with van der Waals surface area (Å²) in [5.74, 6) is -0.330. The third-order valence-electron chi connectivity index (χ3n) is 4.24. The molecule has 2 aromatic rings. The van der Waals surface area contributed by atoms with Gasteiger partial charge in [0.2, 0.25) is 0 Å². The number of benzene rings is 1. The van der Waals surface area contributed by atoms with E-state index < -0.39 is 11.9 Å². The summed E-state index contributed by atoms with van der Waals surface area (Å²) in [5, 5.41) is 9.99. The SMILES string of the molecule is CCC1CC(C(=O)O)C(c2nc3cc(Cl)ccc3o2)C1. The molecule has 1 saturated carbocycles. The molecular formula is C15H16ClNO3. The Balaban J connectivity index is 1.98. The Morgan fingerprint density at radius 2 is 2.30 bits per heavy atom. The molecule has 0 saturated heterocycles. The number of carbonyl (C=O) groups is 1. The van der Waals surface area contributed by atoms with Crippen LogP contribution in [-0.4, -0.2) is 16.1 Å². The number of aliphatic carboxylic acids is 1. The van der Waals surface area contributed by atoms with Crippen molar-refractivity contribution < 1.29 is 14.3 Å². The lowest BCUT2D eigenvalue weighted by Crippen LogP contribution is -2.17. The van der Waals surface area contributed by atoms with Crippen LogP contribution in [0.1, 0.15) is 38.0 Å². The number of fused-ring (bicyclic) bond motifs is 1. The van der Waals surface area contributed by atoms with E-state index >= 15 is 0 Å². The Hall–Kier alpha value is -1.55. The fourth-order valence-electron chi connectivity index (χ4n) is 3.10. The monoisotopic (exact) mass is 293 g/mol. The molecule has 1 N–H and O–H groups in total. The molecule has 0 radical (unpaired) electrons. The van der Waals surface area contributed by atoms with Crippen LogP contribution in [0.4, 0.5) is 0 Å². The number of hydrogen-bond acceptors (Lipinski definition) is 3. The molecule has 20 heavy (non-hydrogen) atoms. The van der Waals surface area contributed by atoms with Crippen molar-refractivity contribution in [2.24, 2.45) is 11.8 Å². The van der Waals surface area contributed by atoms with E-state index in [-0.39, 0.29) is 5.92 Å². The quantitative estimate of drug-likeness (QED) is 0.926. The van der Waals surface area contributed by atoms with E-state index in [1.165, 1.54) is 0 Å². The number of nitrogens with zero attached hydrogens (tertiary/aromatic N) is 1. The maximum Gasteiger partial charge on any atom is 0.307 e. The van der Waals surface area contributed by atoms with Gasteiger partial charge in [0.1, 0.15) is 5.52 Å². The highest BCUT2D eigenvalue weighted by atomic mass is 35.5. The van der Waals surface area contributed by atoms with Crippen LogP contribution in [0, 0.1) is 11.8 Å². The minimum atomic E-state index is -0.758. The van der Waals surface area contributed by atoms with Crippen molar-refractivity contribution in [1.82, 2.24) is 4.98 Å². The van der Waals surface area contributed by atoms with Crippen LogP contribution in [0.3, 0.4) is 0 Å². The Bertz CT molecular complexity index is 652. The highest BCUT2D eigenvalue weighted by Gasteiger charge is 2.41. The number of aromatic nitrogens is 1. The first-order valence-electron chi connectivity index (χ1n) is 6.87. The van der Waals surface area contributed by atoms with E-state index in [4.69, 9.17) is 16.0 Å². The largest absolute Gasteiger partial charge is 0.481 e. The molecule has 0 aliphatic heterocycles. The van der Waals surface area contributed by atoms with Gasteiger partial charge in [0.25, 0.3) is 0 Å². The summed E-state index contributed by atoms with van der Waals surface area (Å²) < 4.78 is 5.75. The topological polar surface area (TPSA) is 63.3 Å². The van der Waals surface area contributed by atoms with E-state index in [0.717, 1.165) is 12.8 Å². The summed E-state index contributed by atoms with van der Waals surface area (Å²) in [7, 11) is 0. The molecule has 1 heterocycles. The van der Waals surface area contributed by atoms with E-state index in [9.17, 15) is 9.90 Å². The Morgan fingerprint density at radius 3 is 3.00 bits per heavy atom. The van der Waals surface area contributed by atoms with Gasteiger partial charge in [-0.05, 0) is 37.0 Å². The van der Waals surface area contributed by atoms with E-state index in [0.29, 0.717) is 34.4 Å². The molecule has 1 aliphatic carbocycles. The molecule has 3 atom stereocenters. The lowest BCUT2D eigenvalue weighted by molar-refractivity contribution is -0.142. The smallest absolute Gasteiger partial charge is 0.307 e. The zero-order chi connectivity index (χ0) is 14.3. The predicted octanol–water partition coefficient (Wildman–Crippen LogP) is 4.09. The molecule has 5 heteroatoms. The van der Waals surface area contributed by atoms with Gasteiger partial charge in [0.05, 0.1) is 5.92 Å². The molecule has 1 aromatic heterocycles. The van der Waals surface area contributed by atoms with Gasteiger partial charge in [0, 0.05) is 10.9 Å².